The molecule has 0 aromatic heterocycles. The van der Waals surface area contributed by atoms with E-state index in [9.17, 15) is 13.2 Å². The molecule has 0 aliphatic carbocycles. The summed E-state index contributed by atoms with van der Waals surface area (Å²) in [4.78, 5) is 12.2. The van der Waals surface area contributed by atoms with E-state index >= 15 is 0 Å². The number of carbonyl (C=O) groups excluding carboxylic acids is 1. The summed E-state index contributed by atoms with van der Waals surface area (Å²) in [5.41, 5.74) is 1.88. The van der Waals surface area contributed by atoms with E-state index in [2.05, 4.69) is 5.32 Å². The standard InChI is InChI=1S/C16H17ClN2O3S/c1-12-7-9-13(10-8-12)19(23(2,21)22)11-16(20)18-15-6-4-3-5-14(15)17/h3-10H,11H2,1-2H3,(H,18,20). The molecule has 0 unspecified atom stereocenters. The van der Waals surface area contributed by atoms with Crippen LogP contribution in [0.3, 0.4) is 0 Å². The number of amides is 1. The normalized spacial score (nSPS) is 11.1. The Balaban J connectivity index is 2.20. The third-order valence-electron chi connectivity index (χ3n) is 3.16. The Kier molecular flexibility index (Phi) is 5.28. The highest BCUT2D eigenvalue weighted by Gasteiger charge is 2.21. The van der Waals surface area contributed by atoms with Gasteiger partial charge >= 0.3 is 0 Å². The Morgan fingerprint density at radius 2 is 1.74 bits per heavy atom. The molecule has 2 rings (SSSR count). The summed E-state index contributed by atoms with van der Waals surface area (Å²) in [6.45, 7) is 1.58. The molecule has 122 valence electrons. The van der Waals surface area contributed by atoms with Crippen molar-refractivity contribution in [2.75, 3.05) is 22.4 Å². The van der Waals surface area contributed by atoms with Gasteiger partial charge in [0.15, 0.2) is 0 Å². The Hall–Kier alpha value is -2.05. The average molecular weight is 353 g/mol. The molecule has 0 saturated carbocycles. The molecular formula is C16H17ClN2O3S. The maximum absolute atomic E-state index is 12.2. The Morgan fingerprint density at radius 1 is 1.13 bits per heavy atom. The molecule has 0 radical (unpaired) electrons. The van der Waals surface area contributed by atoms with Gasteiger partial charge in [-0.2, -0.15) is 0 Å². The lowest BCUT2D eigenvalue weighted by atomic mass is 10.2. The molecule has 1 amide bonds. The van der Waals surface area contributed by atoms with Gasteiger partial charge in [0.2, 0.25) is 15.9 Å². The third kappa shape index (κ3) is 4.71. The number of para-hydroxylation sites is 1. The van der Waals surface area contributed by atoms with Crippen LogP contribution in [0.15, 0.2) is 48.5 Å². The topological polar surface area (TPSA) is 66.5 Å². The zero-order valence-electron chi connectivity index (χ0n) is 12.8. The number of aryl methyl sites for hydroxylation is 1. The van der Waals surface area contributed by atoms with Crippen molar-refractivity contribution >= 4 is 38.9 Å². The highest BCUT2D eigenvalue weighted by atomic mass is 35.5. The van der Waals surface area contributed by atoms with Crippen LogP contribution in [0.5, 0.6) is 0 Å². The summed E-state index contributed by atoms with van der Waals surface area (Å²) >= 11 is 5.98. The second-order valence-electron chi connectivity index (χ2n) is 5.13. The predicted molar refractivity (Wildman–Crippen MR) is 93.5 cm³/mol. The van der Waals surface area contributed by atoms with Gasteiger partial charge in [-0.25, -0.2) is 8.42 Å². The van der Waals surface area contributed by atoms with Crippen molar-refractivity contribution in [2.45, 2.75) is 6.92 Å². The van der Waals surface area contributed by atoms with Crippen LogP contribution in [-0.4, -0.2) is 27.1 Å². The fraction of sp³-hybridized carbons (Fsp3) is 0.188. The number of benzene rings is 2. The second kappa shape index (κ2) is 7.02. The van der Waals surface area contributed by atoms with Crippen molar-refractivity contribution in [3.63, 3.8) is 0 Å². The number of sulfonamides is 1. The van der Waals surface area contributed by atoms with Gasteiger partial charge in [-0.3, -0.25) is 9.10 Å². The van der Waals surface area contributed by atoms with Crippen LogP contribution >= 0.6 is 11.6 Å². The summed E-state index contributed by atoms with van der Waals surface area (Å²) in [5.74, 6) is -0.468. The van der Waals surface area contributed by atoms with Crippen LogP contribution < -0.4 is 9.62 Å². The van der Waals surface area contributed by atoms with E-state index in [0.717, 1.165) is 16.1 Å². The molecular weight excluding hydrogens is 336 g/mol. The van der Waals surface area contributed by atoms with Crippen LogP contribution in [0.1, 0.15) is 5.56 Å². The van der Waals surface area contributed by atoms with Gasteiger partial charge in [0.1, 0.15) is 6.54 Å². The number of halogens is 1. The monoisotopic (exact) mass is 352 g/mol. The van der Waals surface area contributed by atoms with Crippen molar-refractivity contribution in [1.82, 2.24) is 0 Å². The fourth-order valence-corrected chi connectivity index (χ4v) is 3.03. The Morgan fingerprint density at radius 3 is 2.30 bits per heavy atom. The molecule has 0 spiro atoms. The van der Waals surface area contributed by atoms with Crippen molar-refractivity contribution in [3.8, 4) is 0 Å². The minimum absolute atomic E-state index is 0.326. The molecule has 0 aliphatic rings. The predicted octanol–water partition coefficient (Wildman–Crippen LogP) is 3.05. The lowest BCUT2D eigenvalue weighted by molar-refractivity contribution is -0.114. The van der Waals surface area contributed by atoms with Crippen molar-refractivity contribution in [1.29, 1.82) is 0 Å². The molecule has 0 fully saturated rings. The minimum atomic E-state index is -3.59. The molecule has 7 heteroatoms. The largest absolute Gasteiger partial charge is 0.323 e. The van der Waals surface area contributed by atoms with Crippen LogP contribution in [0.2, 0.25) is 5.02 Å². The zero-order chi connectivity index (χ0) is 17.0. The Labute approximate surface area is 140 Å². The average Bonchev–Trinajstić information content (AvgIpc) is 2.47. The summed E-state index contributed by atoms with van der Waals surface area (Å²) in [5, 5.41) is 3.01. The van der Waals surface area contributed by atoms with Gasteiger partial charge in [-0.15, -0.1) is 0 Å². The number of nitrogens with zero attached hydrogens (tertiary/aromatic N) is 1. The summed E-state index contributed by atoms with van der Waals surface area (Å²) in [6.07, 6.45) is 1.07. The maximum Gasteiger partial charge on any atom is 0.245 e. The van der Waals surface area contributed by atoms with Gasteiger partial charge in [0.05, 0.1) is 22.7 Å². The van der Waals surface area contributed by atoms with E-state index in [1.165, 1.54) is 0 Å². The van der Waals surface area contributed by atoms with E-state index in [-0.39, 0.29) is 6.54 Å². The van der Waals surface area contributed by atoms with Gasteiger partial charge in [-0.1, -0.05) is 41.4 Å². The molecule has 5 nitrogen and oxygen atoms in total. The van der Waals surface area contributed by atoms with Crippen molar-refractivity contribution in [2.24, 2.45) is 0 Å². The number of hydrogen-bond donors (Lipinski definition) is 1. The molecule has 2 aromatic rings. The highest BCUT2D eigenvalue weighted by Crippen LogP contribution is 2.21. The van der Waals surface area contributed by atoms with E-state index in [1.54, 1.807) is 48.5 Å². The maximum atomic E-state index is 12.2. The molecule has 0 atom stereocenters. The first-order chi connectivity index (χ1) is 10.8. The van der Waals surface area contributed by atoms with E-state index in [0.29, 0.717) is 16.4 Å². The van der Waals surface area contributed by atoms with Crippen LogP contribution in [0.4, 0.5) is 11.4 Å². The van der Waals surface area contributed by atoms with Crippen LogP contribution in [-0.2, 0) is 14.8 Å². The van der Waals surface area contributed by atoms with Crippen LogP contribution in [0.25, 0.3) is 0 Å². The van der Waals surface area contributed by atoms with Gasteiger partial charge in [0, 0.05) is 0 Å². The first-order valence-corrected chi connectivity index (χ1v) is 9.09. The smallest absolute Gasteiger partial charge is 0.245 e. The first kappa shape index (κ1) is 17.3. The second-order valence-corrected chi connectivity index (χ2v) is 7.45. The molecule has 0 aliphatic heterocycles. The number of rotatable bonds is 5. The van der Waals surface area contributed by atoms with Crippen LogP contribution in [0, 0.1) is 6.92 Å². The Bertz CT molecular complexity index is 804. The molecule has 0 saturated heterocycles. The SMILES string of the molecule is Cc1ccc(N(CC(=O)Nc2ccccc2Cl)S(C)(=O)=O)cc1. The number of nitrogens with one attached hydrogen (secondary N) is 1. The first-order valence-electron chi connectivity index (χ1n) is 6.86. The fourth-order valence-electron chi connectivity index (χ4n) is 1.99. The molecule has 0 heterocycles. The zero-order valence-corrected chi connectivity index (χ0v) is 14.4. The number of hydrogen-bond acceptors (Lipinski definition) is 3. The highest BCUT2D eigenvalue weighted by molar-refractivity contribution is 7.92. The molecule has 2 aromatic carbocycles. The lowest BCUT2D eigenvalue weighted by Crippen LogP contribution is -2.37. The summed E-state index contributed by atoms with van der Waals surface area (Å²) < 4.78 is 25.0. The molecule has 23 heavy (non-hydrogen) atoms. The summed E-state index contributed by atoms with van der Waals surface area (Å²) in [7, 11) is -3.59. The molecule has 0 bridgehead atoms. The lowest BCUT2D eigenvalue weighted by Gasteiger charge is -2.22. The van der Waals surface area contributed by atoms with Gasteiger partial charge in [0.25, 0.3) is 0 Å². The minimum Gasteiger partial charge on any atom is -0.323 e. The summed E-state index contributed by atoms with van der Waals surface area (Å²) in [6, 6.07) is 13.7. The van der Waals surface area contributed by atoms with Crippen molar-refractivity contribution in [3.05, 3.63) is 59.1 Å². The quantitative estimate of drug-likeness (QED) is 0.899. The van der Waals surface area contributed by atoms with E-state index in [1.807, 2.05) is 6.92 Å². The van der Waals surface area contributed by atoms with Gasteiger partial charge in [-0.05, 0) is 31.2 Å². The number of anilines is 2. The third-order valence-corrected chi connectivity index (χ3v) is 4.63. The van der Waals surface area contributed by atoms with Gasteiger partial charge < -0.3 is 5.32 Å². The molecule has 1 N–H and O–H groups in total. The van der Waals surface area contributed by atoms with E-state index in [4.69, 9.17) is 11.6 Å². The van der Waals surface area contributed by atoms with E-state index < -0.39 is 15.9 Å². The number of carbonyl (C=O) groups is 1. The van der Waals surface area contributed by atoms with Crippen molar-refractivity contribution < 1.29 is 13.2 Å².